The molecule has 0 aliphatic heterocycles. The van der Waals surface area contributed by atoms with Crippen LogP contribution in [0.25, 0.3) is 0 Å². The van der Waals surface area contributed by atoms with Crippen molar-refractivity contribution >= 4 is 55.5 Å². The summed E-state index contributed by atoms with van der Waals surface area (Å²) < 4.78 is 14.9. The van der Waals surface area contributed by atoms with Gasteiger partial charge in [0.15, 0.2) is 4.34 Å². The topological polar surface area (TPSA) is 37.8 Å². The average molecular weight is 416 g/mol. The summed E-state index contributed by atoms with van der Waals surface area (Å²) in [7, 11) is 0. The number of aromatic nitrogens is 2. The fourth-order valence-corrected chi connectivity index (χ4v) is 4.96. The van der Waals surface area contributed by atoms with E-state index in [-0.39, 0.29) is 5.82 Å². The van der Waals surface area contributed by atoms with Gasteiger partial charge in [-0.3, -0.25) is 0 Å². The van der Waals surface area contributed by atoms with E-state index in [2.05, 4.69) is 43.6 Å². The molecule has 3 nitrogen and oxygen atoms in total. The standard InChI is InChI=1S/C14H11BrFN3S3/c15-12-6-5-11(21-12)8-20-14-19-18-13(22-14)17-7-9-1-3-10(16)4-2-9/h1-6H,7-8H2,(H,17,18). The summed E-state index contributed by atoms with van der Waals surface area (Å²) in [5.74, 6) is 0.668. The highest BCUT2D eigenvalue weighted by Crippen LogP contribution is 2.31. The van der Waals surface area contributed by atoms with Crippen LogP contribution >= 0.6 is 50.4 Å². The van der Waals surface area contributed by atoms with Gasteiger partial charge in [-0.05, 0) is 45.8 Å². The number of halogens is 2. The van der Waals surface area contributed by atoms with Crippen LogP contribution in [-0.2, 0) is 12.3 Å². The Balaban J connectivity index is 1.51. The second-order valence-electron chi connectivity index (χ2n) is 4.35. The molecule has 8 heteroatoms. The van der Waals surface area contributed by atoms with Crippen LogP contribution in [0.3, 0.4) is 0 Å². The first-order chi connectivity index (χ1) is 10.7. The Morgan fingerprint density at radius 1 is 1.09 bits per heavy atom. The molecular weight excluding hydrogens is 405 g/mol. The lowest BCUT2D eigenvalue weighted by Crippen LogP contribution is -1.98. The van der Waals surface area contributed by atoms with Gasteiger partial charge >= 0.3 is 0 Å². The summed E-state index contributed by atoms with van der Waals surface area (Å²) in [6.07, 6.45) is 0. The van der Waals surface area contributed by atoms with Crippen molar-refractivity contribution in [2.45, 2.75) is 16.6 Å². The molecule has 2 heterocycles. The predicted octanol–water partition coefficient (Wildman–Crippen LogP) is 5.41. The van der Waals surface area contributed by atoms with Crippen LogP contribution in [0, 0.1) is 5.82 Å². The number of rotatable bonds is 6. The molecule has 22 heavy (non-hydrogen) atoms. The molecule has 3 aromatic rings. The van der Waals surface area contributed by atoms with E-state index in [1.165, 1.54) is 28.3 Å². The number of anilines is 1. The Hall–Kier alpha value is -0.960. The third-order valence-electron chi connectivity index (χ3n) is 2.73. The third kappa shape index (κ3) is 4.52. The van der Waals surface area contributed by atoms with Gasteiger partial charge < -0.3 is 5.32 Å². The summed E-state index contributed by atoms with van der Waals surface area (Å²) in [5, 5.41) is 12.3. The number of nitrogens with one attached hydrogen (secondary N) is 1. The van der Waals surface area contributed by atoms with Gasteiger partial charge in [0.1, 0.15) is 5.82 Å². The number of hydrogen-bond donors (Lipinski definition) is 1. The quantitative estimate of drug-likeness (QED) is 0.546. The third-order valence-corrected chi connectivity index (χ3v) is 6.60. The van der Waals surface area contributed by atoms with Gasteiger partial charge in [-0.1, -0.05) is 35.2 Å². The van der Waals surface area contributed by atoms with Gasteiger partial charge in [0.05, 0.1) is 3.79 Å². The van der Waals surface area contributed by atoms with Crippen LogP contribution < -0.4 is 5.32 Å². The first-order valence-electron chi connectivity index (χ1n) is 6.38. The molecule has 2 aromatic heterocycles. The van der Waals surface area contributed by atoms with Crippen molar-refractivity contribution < 1.29 is 4.39 Å². The molecule has 0 bridgehead atoms. The van der Waals surface area contributed by atoms with E-state index in [0.717, 1.165) is 24.6 Å². The Bertz CT molecular complexity index is 742. The minimum atomic E-state index is -0.224. The highest BCUT2D eigenvalue weighted by molar-refractivity contribution is 9.11. The van der Waals surface area contributed by atoms with Crippen LogP contribution in [-0.4, -0.2) is 10.2 Å². The maximum Gasteiger partial charge on any atom is 0.206 e. The zero-order valence-electron chi connectivity index (χ0n) is 11.3. The first kappa shape index (κ1) is 15.9. The SMILES string of the molecule is Fc1ccc(CNc2nnc(SCc3ccc(Br)s3)s2)cc1. The molecule has 1 N–H and O–H groups in total. The molecule has 1 aromatic carbocycles. The van der Waals surface area contributed by atoms with Crippen molar-refractivity contribution in [2.24, 2.45) is 0 Å². The van der Waals surface area contributed by atoms with Crippen molar-refractivity contribution in [1.29, 1.82) is 0 Å². The Labute approximate surface area is 148 Å². The maximum absolute atomic E-state index is 12.8. The van der Waals surface area contributed by atoms with Crippen LogP contribution in [0.5, 0.6) is 0 Å². The number of nitrogens with zero attached hydrogens (tertiary/aromatic N) is 2. The van der Waals surface area contributed by atoms with Gasteiger partial charge in [-0.2, -0.15) is 0 Å². The highest BCUT2D eigenvalue weighted by Gasteiger charge is 2.06. The monoisotopic (exact) mass is 415 g/mol. The average Bonchev–Trinajstić information content (AvgIpc) is 3.13. The Morgan fingerprint density at radius 2 is 1.91 bits per heavy atom. The fourth-order valence-electron chi connectivity index (χ4n) is 1.68. The van der Waals surface area contributed by atoms with Crippen molar-refractivity contribution in [3.8, 4) is 0 Å². The molecule has 0 aliphatic carbocycles. The van der Waals surface area contributed by atoms with E-state index < -0.39 is 0 Å². The summed E-state index contributed by atoms with van der Waals surface area (Å²) in [5.41, 5.74) is 1.01. The smallest absolute Gasteiger partial charge is 0.206 e. The van der Waals surface area contributed by atoms with E-state index in [1.54, 1.807) is 35.2 Å². The van der Waals surface area contributed by atoms with E-state index in [4.69, 9.17) is 0 Å². The van der Waals surface area contributed by atoms with E-state index >= 15 is 0 Å². The van der Waals surface area contributed by atoms with E-state index in [0.29, 0.717) is 6.54 Å². The van der Waals surface area contributed by atoms with Gasteiger partial charge in [-0.25, -0.2) is 4.39 Å². The second-order valence-corrected chi connectivity index (χ2v) is 9.10. The lowest BCUT2D eigenvalue weighted by molar-refractivity contribution is 0.627. The van der Waals surface area contributed by atoms with E-state index in [1.807, 2.05) is 0 Å². The zero-order valence-corrected chi connectivity index (χ0v) is 15.3. The molecule has 0 saturated carbocycles. The highest BCUT2D eigenvalue weighted by atomic mass is 79.9. The molecule has 0 radical (unpaired) electrons. The minimum Gasteiger partial charge on any atom is -0.356 e. The molecule has 0 atom stereocenters. The van der Waals surface area contributed by atoms with Gasteiger partial charge in [0.25, 0.3) is 0 Å². The first-order valence-corrected chi connectivity index (χ1v) is 9.79. The van der Waals surface area contributed by atoms with Crippen LogP contribution in [0.15, 0.2) is 44.5 Å². The van der Waals surface area contributed by atoms with E-state index in [9.17, 15) is 4.39 Å². The van der Waals surface area contributed by atoms with Crippen LogP contribution in [0.1, 0.15) is 10.4 Å². The van der Waals surface area contributed by atoms with Crippen molar-refractivity contribution in [3.63, 3.8) is 0 Å². The Morgan fingerprint density at radius 3 is 2.64 bits per heavy atom. The summed E-state index contributed by atoms with van der Waals surface area (Å²) in [6, 6.07) is 10.6. The molecule has 114 valence electrons. The van der Waals surface area contributed by atoms with Crippen molar-refractivity contribution in [3.05, 3.63) is 56.4 Å². The fraction of sp³-hybridized carbons (Fsp3) is 0.143. The summed E-state index contributed by atoms with van der Waals surface area (Å²) in [6.45, 7) is 0.609. The van der Waals surface area contributed by atoms with Crippen molar-refractivity contribution in [1.82, 2.24) is 10.2 Å². The zero-order chi connectivity index (χ0) is 15.4. The number of hydrogen-bond acceptors (Lipinski definition) is 6. The minimum absolute atomic E-state index is 0.224. The van der Waals surface area contributed by atoms with Crippen LogP contribution in [0.2, 0.25) is 0 Å². The normalized spacial score (nSPS) is 10.8. The predicted molar refractivity (Wildman–Crippen MR) is 95.2 cm³/mol. The number of benzene rings is 1. The van der Waals surface area contributed by atoms with Gasteiger partial charge in [-0.15, -0.1) is 21.5 Å². The summed E-state index contributed by atoms with van der Waals surface area (Å²) >= 11 is 8.39. The van der Waals surface area contributed by atoms with Gasteiger partial charge in [0, 0.05) is 17.2 Å². The molecule has 0 saturated heterocycles. The largest absolute Gasteiger partial charge is 0.356 e. The summed E-state index contributed by atoms with van der Waals surface area (Å²) in [4.78, 5) is 1.30. The molecule has 0 unspecified atom stereocenters. The second kappa shape index (κ2) is 7.54. The molecule has 0 amide bonds. The number of thiophene rings is 1. The van der Waals surface area contributed by atoms with Gasteiger partial charge in [0.2, 0.25) is 5.13 Å². The van der Waals surface area contributed by atoms with Crippen molar-refractivity contribution in [2.75, 3.05) is 5.32 Å². The maximum atomic E-state index is 12.8. The lowest BCUT2D eigenvalue weighted by Gasteiger charge is -2.01. The molecule has 0 aliphatic rings. The Kier molecular flexibility index (Phi) is 5.46. The molecule has 0 fully saturated rings. The molecule has 0 spiro atoms. The van der Waals surface area contributed by atoms with Crippen LogP contribution in [0.4, 0.5) is 9.52 Å². The number of thioether (sulfide) groups is 1. The lowest BCUT2D eigenvalue weighted by atomic mass is 10.2. The molecule has 3 rings (SSSR count). The molecular formula is C14H11BrFN3S3.